The molecule has 2 aromatic carbocycles. The van der Waals surface area contributed by atoms with E-state index in [-0.39, 0.29) is 17.3 Å². The summed E-state index contributed by atoms with van der Waals surface area (Å²) in [7, 11) is -1.99. The fourth-order valence-electron chi connectivity index (χ4n) is 3.79. The first kappa shape index (κ1) is 23.3. The molecule has 0 bridgehead atoms. The molecule has 1 aliphatic heterocycles. The van der Waals surface area contributed by atoms with Crippen LogP contribution in [0.4, 0.5) is 5.69 Å². The number of carbonyl (C=O) groups excluding carboxylic acids is 1. The van der Waals surface area contributed by atoms with Gasteiger partial charge in [0.05, 0.1) is 12.0 Å². The van der Waals surface area contributed by atoms with Gasteiger partial charge >= 0.3 is 0 Å². The number of anilines is 1. The molecule has 7 nitrogen and oxygen atoms in total. The third-order valence-electron chi connectivity index (χ3n) is 5.65. The maximum atomic E-state index is 13.0. The molecule has 9 heteroatoms. The Labute approximate surface area is 198 Å². The minimum atomic E-state index is -3.64. The van der Waals surface area contributed by atoms with Crippen molar-refractivity contribution in [2.75, 3.05) is 38.2 Å². The number of thiophene rings is 1. The van der Waals surface area contributed by atoms with Gasteiger partial charge in [0.15, 0.2) is 0 Å². The van der Waals surface area contributed by atoms with E-state index in [2.05, 4.69) is 9.62 Å². The van der Waals surface area contributed by atoms with Crippen molar-refractivity contribution in [3.63, 3.8) is 0 Å². The molecular formula is C24H27N3O4S2. The Morgan fingerprint density at radius 3 is 2.42 bits per heavy atom. The summed E-state index contributed by atoms with van der Waals surface area (Å²) in [5.74, 6) is 0.736. The second-order valence-corrected chi connectivity index (χ2v) is 10.6. The predicted molar refractivity (Wildman–Crippen MR) is 131 cm³/mol. The van der Waals surface area contributed by atoms with Gasteiger partial charge in [-0.15, -0.1) is 11.3 Å². The molecule has 1 amide bonds. The summed E-state index contributed by atoms with van der Waals surface area (Å²) in [5, 5.41) is 1.91. The van der Waals surface area contributed by atoms with E-state index in [1.807, 2.05) is 46.7 Å². The fourth-order valence-corrected chi connectivity index (χ4v) is 5.54. The van der Waals surface area contributed by atoms with Gasteiger partial charge in [-0.2, -0.15) is 0 Å². The minimum absolute atomic E-state index is 0.0814. The zero-order valence-corrected chi connectivity index (χ0v) is 20.1. The first-order valence-electron chi connectivity index (χ1n) is 10.8. The second-order valence-electron chi connectivity index (χ2n) is 7.76. The van der Waals surface area contributed by atoms with Crippen molar-refractivity contribution in [3.8, 4) is 5.75 Å². The van der Waals surface area contributed by atoms with Crippen molar-refractivity contribution in [1.29, 1.82) is 0 Å². The van der Waals surface area contributed by atoms with Gasteiger partial charge in [0.25, 0.3) is 5.91 Å². The Bertz CT molecular complexity index is 1160. The third-order valence-corrected chi connectivity index (χ3v) is 7.94. The first-order valence-corrected chi connectivity index (χ1v) is 13.1. The number of amides is 1. The Hall–Kier alpha value is -2.88. The van der Waals surface area contributed by atoms with E-state index >= 15 is 0 Å². The summed E-state index contributed by atoms with van der Waals surface area (Å²) in [5.41, 5.74) is 1.60. The second kappa shape index (κ2) is 10.4. The maximum Gasteiger partial charge on any atom is 0.253 e. The number of benzene rings is 2. The van der Waals surface area contributed by atoms with Crippen molar-refractivity contribution in [2.24, 2.45) is 0 Å². The number of methoxy groups -OCH3 is 1. The number of ether oxygens (including phenoxy) is 1. The molecule has 174 valence electrons. The molecular weight excluding hydrogens is 458 g/mol. The zero-order chi connectivity index (χ0) is 23.3. The molecule has 1 aromatic heterocycles. The van der Waals surface area contributed by atoms with Gasteiger partial charge in [0.2, 0.25) is 10.0 Å². The monoisotopic (exact) mass is 485 g/mol. The smallest absolute Gasteiger partial charge is 0.253 e. The lowest BCUT2D eigenvalue weighted by Crippen LogP contribution is -2.35. The maximum absolute atomic E-state index is 13.0. The van der Waals surface area contributed by atoms with E-state index in [9.17, 15) is 13.2 Å². The van der Waals surface area contributed by atoms with Crippen LogP contribution in [0.15, 0.2) is 70.9 Å². The molecule has 4 rings (SSSR count). The molecule has 2 heterocycles. The summed E-state index contributed by atoms with van der Waals surface area (Å²) in [6.07, 6.45) is 0.858. The van der Waals surface area contributed by atoms with Crippen LogP contribution >= 0.6 is 11.3 Å². The standard InChI is InChI=1S/C24H27N3O4S2/c1-31-21-9-7-20(8-10-21)26-13-3-14-27(16-15-26)24(28)19-5-11-23(12-6-19)33(29,30)25-18-22-4-2-17-32-22/h2,4-12,17,25H,3,13-16,18H2,1H3. The van der Waals surface area contributed by atoms with Crippen molar-refractivity contribution in [2.45, 2.75) is 17.9 Å². The minimum Gasteiger partial charge on any atom is -0.497 e. The summed E-state index contributed by atoms with van der Waals surface area (Å²) in [4.78, 5) is 18.2. The number of rotatable bonds is 7. The number of nitrogens with zero attached hydrogens (tertiary/aromatic N) is 2. The fraction of sp³-hybridized carbons (Fsp3) is 0.292. The largest absolute Gasteiger partial charge is 0.497 e. The Morgan fingerprint density at radius 1 is 1.00 bits per heavy atom. The summed E-state index contributed by atoms with van der Waals surface area (Å²) >= 11 is 1.50. The first-order chi connectivity index (χ1) is 16.0. The van der Waals surface area contributed by atoms with Crippen LogP contribution < -0.4 is 14.4 Å². The van der Waals surface area contributed by atoms with Crippen LogP contribution in [-0.4, -0.2) is 52.5 Å². The van der Waals surface area contributed by atoms with Crippen molar-refractivity contribution in [1.82, 2.24) is 9.62 Å². The molecule has 1 fully saturated rings. The molecule has 33 heavy (non-hydrogen) atoms. The molecule has 0 unspecified atom stereocenters. The normalized spacial score (nSPS) is 14.7. The number of nitrogens with one attached hydrogen (secondary N) is 1. The third kappa shape index (κ3) is 5.73. The number of sulfonamides is 1. The van der Waals surface area contributed by atoms with Crippen LogP contribution in [0.25, 0.3) is 0 Å². The Balaban J connectivity index is 1.37. The van der Waals surface area contributed by atoms with Crippen LogP contribution in [0.3, 0.4) is 0 Å². The van der Waals surface area contributed by atoms with Gasteiger partial charge < -0.3 is 14.5 Å². The van der Waals surface area contributed by atoms with E-state index < -0.39 is 10.0 Å². The average molecular weight is 486 g/mol. The number of hydrogen-bond acceptors (Lipinski definition) is 6. The lowest BCUT2D eigenvalue weighted by molar-refractivity contribution is 0.0767. The number of carbonyl (C=O) groups is 1. The Kier molecular flexibility index (Phi) is 7.32. The van der Waals surface area contributed by atoms with Gasteiger partial charge in [-0.05, 0) is 66.4 Å². The van der Waals surface area contributed by atoms with Crippen LogP contribution in [0.5, 0.6) is 5.75 Å². The zero-order valence-electron chi connectivity index (χ0n) is 18.4. The van der Waals surface area contributed by atoms with Gasteiger partial charge in [-0.25, -0.2) is 13.1 Å². The van der Waals surface area contributed by atoms with Gasteiger partial charge in [0, 0.05) is 48.9 Å². The lowest BCUT2D eigenvalue weighted by Gasteiger charge is -2.24. The van der Waals surface area contributed by atoms with Crippen LogP contribution in [-0.2, 0) is 16.6 Å². The topological polar surface area (TPSA) is 79.0 Å². The molecule has 0 atom stereocenters. The van der Waals surface area contributed by atoms with Crippen LogP contribution in [0.2, 0.25) is 0 Å². The highest BCUT2D eigenvalue weighted by molar-refractivity contribution is 7.89. The molecule has 1 N–H and O–H groups in total. The Morgan fingerprint density at radius 2 is 1.76 bits per heavy atom. The highest BCUT2D eigenvalue weighted by Crippen LogP contribution is 2.21. The lowest BCUT2D eigenvalue weighted by atomic mass is 10.2. The number of hydrogen-bond donors (Lipinski definition) is 1. The average Bonchev–Trinajstić information content (AvgIpc) is 3.25. The van der Waals surface area contributed by atoms with E-state index in [1.54, 1.807) is 19.2 Å². The van der Waals surface area contributed by atoms with Crippen molar-refractivity contribution < 1.29 is 17.9 Å². The summed E-state index contributed by atoms with van der Waals surface area (Å²) in [6, 6.07) is 17.9. The van der Waals surface area contributed by atoms with Gasteiger partial charge in [-0.3, -0.25) is 4.79 Å². The highest BCUT2D eigenvalue weighted by atomic mass is 32.2. The molecule has 0 aliphatic carbocycles. The molecule has 0 saturated carbocycles. The molecule has 0 radical (unpaired) electrons. The summed E-state index contributed by atoms with van der Waals surface area (Å²) < 4.78 is 32.9. The van der Waals surface area contributed by atoms with E-state index in [0.717, 1.165) is 35.8 Å². The van der Waals surface area contributed by atoms with Crippen LogP contribution in [0.1, 0.15) is 21.7 Å². The highest BCUT2D eigenvalue weighted by Gasteiger charge is 2.22. The van der Waals surface area contributed by atoms with Gasteiger partial charge in [-0.1, -0.05) is 6.07 Å². The molecule has 3 aromatic rings. The molecule has 0 spiro atoms. The predicted octanol–water partition coefficient (Wildman–Crippen LogP) is 3.59. The van der Waals surface area contributed by atoms with E-state index in [4.69, 9.17) is 4.74 Å². The van der Waals surface area contributed by atoms with Crippen LogP contribution in [0, 0.1) is 0 Å². The molecule has 1 saturated heterocycles. The van der Waals surface area contributed by atoms with Crippen molar-refractivity contribution >= 4 is 33.0 Å². The SMILES string of the molecule is COc1ccc(N2CCCN(C(=O)c3ccc(S(=O)(=O)NCc4cccs4)cc3)CC2)cc1. The van der Waals surface area contributed by atoms with E-state index in [1.165, 1.54) is 23.5 Å². The van der Waals surface area contributed by atoms with Crippen molar-refractivity contribution in [3.05, 3.63) is 76.5 Å². The quantitative estimate of drug-likeness (QED) is 0.553. The van der Waals surface area contributed by atoms with Gasteiger partial charge in [0.1, 0.15) is 5.75 Å². The molecule has 1 aliphatic rings. The van der Waals surface area contributed by atoms with E-state index in [0.29, 0.717) is 18.7 Å². The summed E-state index contributed by atoms with van der Waals surface area (Å²) in [6.45, 7) is 3.11.